The van der Waals surface area contributed by atoms with Gasteiger partial charge in [-0.2, -0.15) is 4.31 Å². The molecule has 1 aliphatic rings. The Hall–Kier alpha value is 0.0900. The van der Waals surface area contributed by atoms with Crippen LogP contribution in [0.25, 0.3) is 0 Å². The van der Waals surface area contributed by atoms with Crippen LogP contribution < -0.4 is 0 Å². The second-order valence-electron chi connectivity index (χ2n) is 6.02. The number of aryl methyl sites for hydroxylation is 1. The van der Waals surface area contributed by atoms with E-state index in [1.165, 1.54) is 0 Å². The van der Waals surface area contributed by atoms with Crippen molar-refractivity contribution >= 4 is 41.9 Å². The van der Waals surface area contributed by atoms with Gasteiger partial charge in [-0.25, -0.2) is 8.42 Å². The second kappa shape index (κ2) is 6.69. The Kier molecular flexibility index (Phi) is 5.55. The molecule has 1 aromatic carbocycles. The number of rotatable bonds is 3. The van der Waals surface area contributed by atoms with Gasteiger partial charge in [-0.3, -0.25) is 0 Å². The van der Waals surface area contributed by atoms with Crippen LogP contribution >= 0.6 is 31.9 Å². The summed E-state index contributed by atoms with van der Waals surface area (Å²) in [5.41, 5.74) is 1.01. The van der Waals surface area contributed by atoms with Gasteiger partial charge < -0.3 is 0 Å². The zero-order valence-electron chi connectivity index (χ0n) is 12.6. The lowest BCUT2D eigenvalue weighted by Crippen LogP contribution is -2.39. The van der Waals surface area contributed by atoms with Crippen molar-refractivity contribution in [2.45, 2.75) is 38.5 Å². The lowest BCUT2D eigenvalue weighted by atomic mass is 9.87. The molecule has 0 bridgehead atoms. The summed E-state index contributed by atoms with van der Waals surface area (Å²) in [5.74, 6) is 1.25. The molecule has 21 heavy (non-hydrogen) atoms. The Morgan fingerprint density at radius 1 is 1.14 bits per heavy atom. The van der Waals surface area contributed by atoms with Crippen LogP contribution in [0.5, 0.6) is 0 Å². The van der Waals surface area contributed by atoms with E-state index in [0.29, 0.717) is 34.3 Å². The van der Waals surface area contributed by atoms with Gasteiger partial charge in [0.15, 0.2) is 0 Å². The molecule has 6 heteroatoms. The standard InChI is InChI=1S/C15H21Br2NO2S/c1-10(2)12-4-6-18(7-5-12)21(19,20)15-9-13(16)11(3)8-14(15)17/h8-10,12H,4-7H2,1-3H3. The SMILES string of the molecule is Cc1cc(Br)c(S(=O)(=O)N2CCC(C(C)C)CC2)cc1Br. The third-order valence-corrected chi connectivity index (χ3v) is 7.98. The Balaban J connectivity index is 2.26. The summed E-state index contributed by atoms with van der Waals surface area (Å²) in [5, 5.41) is 0. The van der Waals surface area contributed by atoms with E-state index in [1.54, 1.807) is 10.4 Å². The van der Waals surface area contributed by atoms with Crippen molar-refractivity contribution in [1.29, 1.82) is 0 Å². The molecule has 118 valence electrons. The summed E-state index contributed by atoms with van der Waals surface area (Å²) >= 11 is 6.81. The summed E-state index contributed by atoms with van der Waals surface area (Å²) in [7, 11) is -3.42. The summed E-state index contributed by atoms with van der Waals surface area (Å²) in [6.45, 7) is 7.59. The van der Waals surface area contributed by atoms with Crippen LogP contribution in [0.15, 0.2) is 26.0 Å². The van der Waals surface area contributed by atoms with E-state index in [9.17, 15) is 8.42 Å². The summed E-state index contributed by atoms with van der Waals surface area (Å²) in [6, 6.07) is 3.54. The van der Waals surface area contributed by atoms with Crippen LogP contribution in [-0.2, 0) is 10.0 Å². The number of nitrogens with zero attached hydrogens (tertiary/aromatic N) is 1. The molecule has 0 aromatic heterocycles. The van der Waals surface area contributed by atoms with E-state index in [0.717, 1.165) is 22.9 Å². The molecule has 0 atom stereocenters. The number of piperidine rings is 1. The second-order valence-corrected chi connectivity index (χ2v) is 9.63. The molecule has 0 radical (unpaired) electrons. The van der Waals surface area contributed by atoms with Crippen LogP contribution in [-0.4, -0.2) is 25.8 Å². The van der Waals surface area contributed by atoms with Gasteiger partial charge in [0.2, 0.25) is 10.0 Å². The Morgan fingerprint density at radius 2 is 1.71 bits per heavy atom. The molecule has 2 rings (SSSR count). The van der Waals surface area contributed by atoms with Gasteiger partial charge in [0.25, 0.3) is 0 Å². The highest BCUT2D eigenvalue weighted by Crippen LogP contribution is 2.33. The van der Waals surface area contributed by atoms with Crippen molar-refractivity contribution in [3.8, 4) is 0 Å². The maximum Gasteiger partial charge on any atom is 0.244 e. The van der Waals surface area contributed by atoms with Crippen molar-refractivity contribution < 1.29 is 8.42 Å². The number of sulfonamides is 1. The van der Waals surface area contributed by atoms with Crippen molar-refractivity contribution in [3.05, 3.63) is 26.6 Å². The van der Waals surface area contributed by atoms with Gasteiger partial charge in [-0.1, -0.05) is 29.8 Å². The molecule has 0 unspecified atom stereocenters. The molecule has 0 amide bonds. The average Bonchev–Trinajstić information content (AvgIpc) is 2.42. The number of benzene rings is 1. The van der Waals surface area contributed by atoms with Crippen molar-refractivity contribution in [2.75, 3.05) is 13.1 Å². The van der Waals surface area contributed by atoms with E-state index in [4.69, 9.17) is 0 Å². The van der Waals surface area contributed by atoms with Crippen LogP contribution in [0.3, 0.4) is 0 Å². The minimum atomic E-state index is -3.42. The van der Waals surface area contributed by atoms with Crippen LogP contribution in [0, 0.1) is 18.8 Å². The van der Waals surface area contributed by atoms with Gasteiger partial charge in [-0.15, -0.1) is 0 Å². The molecular weight excluding hydrogens is 418 g/mol. The van der Waals surface area contributed by atoms with Crippen molar-refractivity contribution in [1.82, 2.24) is 4.31 Å². The third-order valence-electron chi connectivity index (χ3n) is 4.27. The van der Waals surface area contributed by atoms with Crippen molar-refractivity contribution in [2.24, 2.45) is 11.8 Å². The molecule has 1 fully saturated rings. The van der Waals surface area contributed by atoms with Crippen LogP contribution in [0.1, 0.15) is 32.3 Å². The maximum absolute atomic E-state index is 12.8. The maximum atomic E-state index is 12.8. The van der Waals surface area contributed by atoms with Crippen LogP contribution in [0.2, 0.25) is 0 Å². The highest BCUT2D eigenvalue weighted by molar-refractivity contribution is 9.11. The molecular formula is C15H21Br2NO2S. The zero-order chi connectivity index (χ0) is 15.8. The minimum Gasteiger partial charge on any atom is -0.207 e. The van der Waals surface area contributed by atoms with E-state index in [-0.39, 0.29) is 0 Å². The molecule has 1 heterocycles. The average molecular weight is 439 g/mol. The normalized spacial score (nSPS) is 18.4. The predicted octanol–water partition coefficient (Wildman–Crippen LogP) is 4.58. The van der Waals surface area contributed by atoms with E-state index in [2.05, 4.69) is 45.7 Å². The first kappa shape index (κ1) is 17.4. The summed E-state index contributed by atoms with van der Waals surface area (Å²) in [6.07, 6.45) is 1.89. The van der Waals surface area contributed by atoms with E-state index >= 15 is 0 Å². The highest BCUT2D eigenvalue weighted by Gasteiger charge is 2.31. The smallest absolute Gasteiger partial charge is 0.207 e. The van der Waals surface area contributed by atoms with Crippen LogP contribution in [0.4, 0.5) is 0 Å². The molecule has 0 aliphatic carbocycles. The first-order valence-corrected chi connectivity index (χ1v) is 10.2. The first-order chi connectivity index (χ1) is 9.73. The fourth-order valence-corrected chi connectivity index (χ4v) is 5.86. The van der Waals surface area contributed by atoms with Gasteiger partial charge in [0.05, 0.1) is 4.90 Å². The number of halogens is 2. The molecule has 0 spiro atoms. The lowest BCUT2D eigenvalue weighted by Gasteiger charge is -2.33. The summed E-state index contributed by atoms with van der Waals surface area (Å²) < 4.78 is 28.7. The lowest BCUT2D eigenvalue weighted by molar-refractivity contribution is 0.226. The highest BCUT2D eigenvalue weighted by atomic mass is 79.9. The zero-order valence-corrected chi connectivity index (χ0v) is 16.6. The van der Waals surface area contributed by atoms with Gasteiger partial charge in [-0.05, 0) is 65.2 Å². The Bertz CT molecular complexity index is 621. The quantitative estimate of drug-likeness (QED) is 0.692. The fraction of sp³-hybridized carbons (Fsp3) is 0.600. The number of hydrogen-bond acceptors (Lipinski definition) is 2. The monoisotopic (exact) mass is 437 g/mol. The Morgan fingerprint density at radius 3 is 2.24 bits per heavy atom. The minimum absolute atomic E-state index is 0.350. The van der Waals surface area contributed by atoms with Crippen molar-refractivity contribution in [3.63, 3.8) is 0 Å². The molecule has 1 aliphatic heterocycles. The van der Waals surface area contributed by atoms with E-state index < -0.39 is 10.0 Å². The van der Waals surface area contributed by atoms with E-state index in [1.807, 2.05) is 13.0 Å². The topological polar surface area (TPSA) is 37.4 Å². The molecule has 1 saturated heterocycles. The van der Waals surface area contributed by atoms with Gasteiger partial charge >= 0.3 is 0 Å². The van der Waals surface area contributed by atoms with Gasteiger partial charge in [0.1, 0.15) is 0 Å². The predicted molar refractivity (Wildman–Crippen MR) is 92.9 cm³/mol. The number of hydrogen-bond donors (Lipinski definition) is 0. The third kappa shape index (κ3) is 3.71. The first-order valence-electron chi connectivity index (χ1n) is 7.19. The molecule has 0 N–H and O–H groups in total. The Labute approximate surface area is 144 Å². The molecule has 0 saturated carbocycles. The van der Waals surface area contributed by atoms with Gasteiger partial charge in [0, 0.05) is 22.0 Å². The molecule has 3 nitrogen and oxygen atoms in total. The molecule has 1 aromatic rings. The largest absolute Gasteiger partial charge is 0.244 e. The fourth-order valence-electron chi connectivity index (χ4n) is 2.75. The summed E-state index contributed by atoms with van der Waals surface area (Å²) in [4.78, 5) is 0.350.